The molecule has 1 aromatic rings. The van der Waals surface area contributed by atoms with Gasteiger partial charge in [-0.15, -0.1) is 0 Å². The second-order valence-electron chi connectivity index (χ2n) is 6.25. The van der Waals surface area contributed by atoms with Crippen LogP contribution in [0.25, 0.3) is 0 Å². The fraction of sp³-hybridized carbons (Fsp3) is 0.529. The number of anilines is 1. The van der Waals surface area contributed by atoms with Crippen LogP contribution in [0.1, 0.15) is 32.3 Å². The summed E-state index contributed by atoms with van der Waals surface area (Å²) in [6.07, 6.45) is 1.70. The summed E-state index contributed by atoms with van der Waals surface area (Å²) in [5, 5.41) is 3.26. The number of nitrogens with zero attached hydrogens (tertiary/aromatic N) is 1. The molecule has 1 aliphatic heterocycles. The summed E-state index contributed by atoms with van der Waals surface area (Å²) in [7, 11) is 0. The zero-order chi connectivity index (χ0) is 15.0. The first-order valence-electron chi connectivity index (χ1n) is 7.79. The summed E-state index contributed by atoms with van der Waals surface area (Å²) in [5.41, 5.74) is 1.88. The van der Waals surface area contributed by atoms with Crippen LogP contribution in [0.4, 0.5) is 5.69 Å². The molecule has 112 valence electrons. The smallest absolute Gasteiger partial charge is 0.237 e. The van der Waals surface area contributed by atoms with Gasteiger partial charge in [-0.25, -0.2) is 0 Å². The maximum Gasteiger partial charge on any atom is 0.237 e. The summed E-state index contributed by atoms with van der Waals surface area (Å²) in [6.45, 7) is 5.92. The second-order valence-corrected chi connectivity index (χ2v) is 6.25. The number of amides is 2. The Hall–Kier alpha value is -1.68. The molecule has 1 aromatic carbocycles. The summed E-state index contributed by atoms with van der Waals surface area (Å²) in [6, 6.07) is 7.73. The van der Waals surface area contributed by atoms with E-state index in [9.17, 15) is 9.59 Å². The van der Waals surface area contributed by atoms with Gasteiger partial charge in [0, 0.05) is 6.54 Å². The molecule has 1 aliphatic carbocycles. The molecule has 1 N–H and O–H groups in total. The number of hydrogen-bond acceptors (Lipinski definition) is 3. The van der Waals surface area contributed by atoms with Crippen LogP contribution in [-0.4, -0.2) is 18.4 Å². The Bertz CT molecular complexity index is 528. The monoisotopic (exact) mass is 286 g/mol. The Morgan fingerprint density at radius 3 is 2.19 bits per heavy atom. The molecule has 0 aromatic heterocycles. The van der Waals surface area contributed by atoms with E-state index in [1.807, 2.05) is 24.3 Å². The number of carbonyl (C=O) groups excluding carboxylic acids is 2. The van der Waals surface area contributed by atoms with E-state index in [1.165, 1.54) is 4.90 Å². The Morgan fingerprint density at radius 1 is 1.10 bits per heavy atom. The number of benzene rings is 1. The second kappa shape index (κ2) is 5.60. The molecule has 1 heterocycles. The molecule has 2 aliphatic rings. The predicted octanol–water partition coefficient (Wildman–Crippen LogP) is 2.33. The van der Waals surface area contributed by atoms with Crippen molar-refractivity contribution in [1.29, 1.82) is 0 Å². The van der Waals surface area contributed by atoms with Crippen molar-refractivity contribution in [2.24, 2.45) is 17.8 Å². The van der Waals surface area contributed by atoms with Crippen LogP contribution in [0.3, 0.4) is 0 Å². The third-order valence-corrected chi connectivity index (χ3v) is 4.65. The van der Waals surface area contributed by atoms with Crippen molar-refractivity contribution in [1.82, 2.24) is 5.32 Å². The molecular weight excluding hydrogens is 264 g/mol. The first kappa shape index (κ1) is 14.3. The van der Waals surface area contributed by atoms with Gasteiger partial charge in [-0.3, -0.25) is 14.5 Å². The van der Waals surface area contributed by atoms with Crippen molar-refractivity contribution in [3.05, 3.63) is 29.8 Å². The minimum Gasteiger partial charge on any atom is -0.313 e. The SMILES string of the molecule is CCNCc1ccc(N2C(=O)C3CC(C)CC3C2=O)cc1. The van der Waals surface area contributed by atoms with E-state index in [4.69, 9.17) is 0 Å². The highest BCUT2D eigenvalue weighted by molar-refractivity contribution is 6.22. The standard InChI is InChI=1S/C17H22N2O2/c1-3-18-10-12-4-6-13(7-5-12)19-16(20)14-8-11(2)9-15(14)17(19)21/h4-7,11,14-15,18H,3,8-10H2,1-2H3. The van der Waals surface area contributed by atoms with Gasteiger partial charge in [-0.1, -0.05) is 26.0 Å². The van der Waals surface area contributed by atoms with Gasteiger partial charge in [0.1, 0.15) is 0 Å². The predicted molar refractivity (Wildman–Crippen MR) is 81.7 cm³/mol. The van der Waals surface area contributed by atoms with E-state index >= 15 is 0 Å². The van der Waals surface area contributed by atoms with Gasteiger partial charge in [0.25, 0.3) is 0 Å². The maximum absolute atomic E-state index is 12.5. The average molecular weight is 286 g/mol. The number of hydrogen-bond donors (Lipinski definition) is 1. The topological polar surface area (TPSA) is 49.4 Å². The van der Waals surface area contributed by atoms with Crippen molar-refractivity contribution < 1.29 is 9.59 Å². The number of fused-ring (bicyclic) bond motifs is 1. The van der Waals surface area contributed by atoms with Crippen LogP contribution < -0.4 is 10.2 Å². The Labute approximate surface area is 125 Å². The molecule has 4 heteroatoms. The largest absolute Gasteiger partial charge is 0.313 e. The van der Waals surface area contributed by atoms with E-state index < -0.39 is 0 Å². The normalized spacial score (nSPS) is 28.3. The minimum absolute atomic E-state index is 0.00576. The molecule has 1 saturated carbocycles. The summed E-state index contributed by atoms with van der Waals surface area (Å²) >= 11 is 0. The van der Waals surface area contributed by atoms with Crippen LogP contribution in [0.15, 0.2) is 24.3 Å². The maximum atomic E-state index is 12.5. The van der Waals surface area contributed by atoms with E-state index in [-0.39, 0.29) is 23.7 Å². The van der Waals surface area contributed by atoms with Gasteiger partial charge in [0.15, 0.2) is 0 Å². The summed E-state index contributed by atoms with van der Waals surface area (Å²) in [5.74, 6) is 0.294. The lowest BCUT2D eigenvalue weighted by Crippen LogP contribution is -2.32. The zero-order valence-electron chi connectivity index (χ0n) is 12.6. The molecule has 0 radical (unpaired) electrons. The molecule has 3 rings (SSSR count). The molecule has 2 unspecified atom stereocenters. The van der Waals surface area contributed by atoms with Gasteiger partial charge in [0.2, 0.25) is 11.8 Å². The molecule has 2 atom stereocenters. The lowest BCUT2D eigenvalue weighted by atomic mass is 10.00. The minimum atomic E-state index is -0.0889. The quantitative estimate of drug-likeness (QED) is 0.864. The first-order chi connectivity index (χ1) is 10.1. The van der Waals surface area contributed by atoms with Gasteiger partial charge in [-0.2, -0.15) is 0 Å². The van der Waals surface area contributed by atoms with Crippen molar-refractivity contribution in [3.8, 4) is 0 Å². The summed E-state index contributed by atoms with van der Waals surface area (Å²) in [4.78, 5) is 26.4. The lowest BCUT2D eigenvalue weighted by Gasteiger charge is -2.17. The fourth-order valence-corrected chi connectivity index (χ4v) is 3.56. The van der Waals surface area contributed by atoms with Crippen LogP contribution in [0, 0.1) is 17.8 Å². The Balaban J connectivity index is 1.78. The van der Waals surface area contributed by atoms with Gasteiger partial charge >= 0.3 is 0 Å². The van der Waals surface area contributed by atoms with Gasteiger partial charge in [0.05, 0.1) is 17.5 Å². The highest BCUT2D eigenvalue weighted by Crippen LogP contribution is 2.44. The highest BCUT2D eigenvalue weighted by Gasteiger charge is 2.52. The number of nitrogens with one attached hydrogen (secondary N) is 1. The van der Waals surface area contributed by atoms with Gasteiger partial charge < -0.3 is 5.32 Å². The number of carbonyl (C=O) groups is 2. The third-order valence-electron chi connectivity index (χ3n) is 4.65. The third kappa shape index (κ3) is 2.48. The van der Waals surface area contributed by atoms with E-state index in [0.717, 1.165) is 31.5 Å². The Kier molecular flexibility index (Phi) is 3.81. The lowest BCUT2D eigenvalue weighted by molar-refractivity contribution is -0.123. The van der Waals surface area contributed by atoms with Crippen LogP contribution in [0.2, 0.25) is 0 Å². The Morgan fingerprint density at radius 2 is 1.67 bits per heavy atom. The molecule has 4 nitrogen and oxygen atoms in total. The molecule has 2 fully saturated rings. The molecule has 0 bridgehead atoms. The molecule has 21 heavy (non-hydrogen) atoms. The molecule has 0 spiro atoms. The van der Waals surface area contributed by atoms with Crippen molar-refractivity contribution in [2.45, 2.75) is 33.2 Å². The number of rotatable bonds is 4. The highest BCUT2D eigenvalue weighted by atomic mass is 16.2. The summed E-state index contributed by atoms with van der Waals surface area (Å²) < 4.78 is 0. The van der Waals surface area contributed by atoms with E-state index in [0.29, 0.717) is 11.6 Å². The van der Waals surface area contributed by atoms with Crippen LogP contribution >= 0.6 is 0 Å². The fourth-order valence-electron chi connectivity index (χ4n) is 3.56. The first-order valence-corrected chi connectivity index (χ1v) is 7.79. The zero-order valence-corrected chi connectivity index (χ0v) is 12.6. The van der Waals surface area contributed by atoms with Gasteiger partial charge in [-0.05, 0) is 43.0 Å². The molecular formula is C17H22N2O2. The van der Waals surface area contributed by atoms with E-state index in [2.05, 4.69) is 19.2 Å². The molecule has 1 saturated heterocycles. The number of imide groups is 1. The van der Waals surface area contributed by atoms with Crippen molar-refractivity contribution in [2.75, 3.05) is 11.4 Å². The van der Waals surface area contributed by atoms with Crippen molar-refractivity contribution >= 4 is 17.5 Å². The molecule has 2 amide bonds. The van der Waals surface area contributed by atoms with Crippen LogP contribution in [-0.2, 0) is 16.1 Å². The van der Waals surface area contributed by atoms with Crippen LogP contribution in [0.5, 0.6) is 0 Å². The van der Waals surface area contributed by atoms with E-state index in [1.54, 1.807) is 0 Å². The van der Waals surface area contributed by atoms with Crippen molar-refractivity contribution in [3.63, 3.8) is 0 Å². The average Bonchev–Trinajstić information content (AvgIpc) is 2.97.